The van der Waals surface area contributed by atoms with Gasteiger partial charge in [-0.3, -0.25) is 10.1 Å². The molecule has 1 saturated heterocycles. The summed E-state index contributed by atoms with van der Waals surface area (Å²) in [5, 5.41) is 20.1. The van der Waals surface area contributed by atoms with Gasteiger partial charge in [-0.2, -0.15) is 0 Å². The van der Waals surface area contributed by atoms with Crippen molar-refractivity contribution < 1.29 is 19.5 Å². The van der Waals surface area contributed by atoms with Crippen LogP contribution in [0.2, 0.25) is 0 Å². The molecule has 1 aromatic rings. The molecule has 1 aliphatic heterocycles. The van der Waals surface area contributed by atoms with Gasteiger partial charge in [-0.15, -0.1) is 0 Å². The van der Waals surface area contributed by atoms with Crippen LogP contribution in [0.25, 0.3) is 0 Å². The second-order valence-corrected chi connectivity index (χ2v) is 4.64. The minimum atomic E-state index is -0.421. The molecule has 6 nitrogen and oxygen atoms in total. The van der Waals surface area contributed by atoms with Crippen molar-refractivity contribution >= 4 is 5.69 Å². The van der Waals surface area contributed by atoms with Gasteiger partial charge in [0.2, 0.25) is 0 Å². The van der Waals surface area contributed by atoms with E-state index < -0.39 is 4.92 Å². The van der Waals surface area contributed by atoms with Gasteiger partial charge in [0.15, 0.2) is 0 Å². The highest BCUT2D eigenvalue weighted by Gasteiger charge is 2.33. The third-order valence-corrected chi connectivity index (χ3v) is 3.21. The summed E-state index contributed by atoms with van der Waals surface area (Å²) in [5.74, 6) is 0. The van der Waals surface area contributed by atoms with E-state index in [2.05, 4.69) is 0 Å². The third-order valence-electron chi connectivity index (χ3n) is 3.21. The van der Waals surface area contributed by atoms with E-state index in [1.807, 2.05) is 6.92 Å². The highest BCUT2D eigenvalue weighted by Crippen LogP contribution is 2.25. The molecule has 19 heavy (non-hydrogen) atoms. The number of para-hydroxylation sites is 1. The average molecular weight is 267 g/mol. The van der Waals surface area contributed by atoms with Gasteiger partial charge in [-0.05, 0) is 13.0 Å². The fraction of sp³-hybridized carbons (Fsp3) is 0.538. The van der Waals surface area contributed by atoms with E-state index in [9.17, 15) is 15.2 Å². The number of nitrogens with zero attached hydrogens (tertiary/aromatic N) is 1. The fourth-order valence-electron chi connectivity index (χ4n) is 2.26. The zero-order chi connectivity index (χ0) is 13.8. The topological polar surface area (TPSA) is 81.8 Å². The molecule has 0 spiro atoms. The van der Waals surface area contributed by atoms with E-state index in [-0.39, 0.29) is 37.2 Å². The number of aliphatic hydroxyl groups excluding tert-OH is 1. The van der Waals surface area contributed by atoms with E-state index in [1.54, 1.807) is 18.2 Å². The van der Waals surface area contributed by atoms with E-state index >= 15 is 0 Å². The first-order valence-corrected chi connectivity index (χ1v) is 6.22. The van der Waals surface area contributed by atoms with Gasteiger partial charge in [0.05, 0.1) is 35.9 Å². The van der Waals surface area contributed by atoms with Gasteiger partial charge in [-0.25, -0.2) is 0 Å². The summed E-state index contributed by atoms with van der Waals surface area (Å²) in [7, 11) is 0. The average Bonchev–Trinajstić information content (AvgIpc) is 2.77. The molecule has 1 N–H and O–H groups in total. The summed E-state index contributed by atoms with van der Waals surface area (Å²) in [6, 6.07) is 6.49. The Morgan fingerprint density at radius 3 is 2.95 bits per heavy atom. The van der Waals surface area contributed by atoms with Crippen LogP contribution in [0.3, 0.4) is 0 Å². The highest BCUT2D eigenvalue weighted by atomic mass is 16.6. The van der Waals surface area contributed by atoms with E-state index in [1.165, 1.54) is 6.07 Å². The maximum Gasteiger partial charge on any atom is 0.274 e. The van der Waals surface area contributed by atoms with Crippen LogP contribution in [-0.4, -0.2) is 34.9 Å². The van der Waals surface area contributed by atoms with Crippen LogP contribution in [0.1, 0.15) is 18.9 Å². The molecular formula is C13H17NO5. The van der Waals surface area contributed by atoms with Gasteiger partial charge in [-0.1, -0.05) is 12.1 Å². The molecule has 0 bridgehead atoms. The Morgan fingerprint density at radius 2 is 2.26 bits per heavy atom. The predicted molar refractivity (Wildman–Crippen MR) is 67.7 cm³/mol. The number of hydrogen-bond donors (Lipinski definition) is 1. The molecule has 3 atom stereocenters. The lowest BCUT2D eigenvalue weighted by Crippen LogP contribution is -2.27. The number of hydrogen-bond acceptors (Lipinski definition) is 5. The summed E-state index contributed by atoms with van der Waals surface area (Å²) in [6.07, 6.45) is 0.150. The molecule has 1 aliphatic rings. The largest absolute Gasteiger partial charge is 0.394 e. The monoisotopic (exact) mass is 267 g/mol. The zero-order valence-corrected chi connectivity index (χ0v) is 10.7. The first kappa shape index (κ1) is 13.9. The zero-order valence-electron chi connectivity index (χ0n) is 10.7. The van der Waals surface area contributed by atoms with Crippen molar-refractivity contribution in [3.8, 4) is 0 Å². The molecule has 0 aromatic heterocycles. The number of aliphatic hydroxyl groups is 1. The molecule has 1 heterocycles. The first-order valence-electron chi connectivity index (χ1n) is 6.22. The third kappa shape index (κ3) is 3.28. The van der Waals surface area contributed by atoms with Crippen LogP contribution in [0.4, 0.5) is 5.69 Å². The summed E-state index contributed by atoms with van der Waals surface area (Å²) in [4.78, 5) is 10.5. The number of nitro benzene ring substituents is 1. The molecule has 0 amide bonds. The Hall–Kier alpha value is -1.50. The van der Waals surface area contributed by atoms with Crippen LogP contribution >= 0.6 is 0 Å². The standard InChI is InChI=1S/C13H17NO5/c1-9-6-12(13(7-15)19-9)18-8-10-4-2-3-5-11(10)14(16)17/h2-5,9,12-13,15H,6-8H2,1H3/t9-,12?,13+/m0/s1. The lowest BCUT2D eigenvalue weighted by molar-refractivity contribution is -0.386. The maximum atomic E-state index is 10.9. The Morgan fingerprint density at radius 1 is 1.53 bits per heavy atom. The molecule has 1 aromatic carbocycles. The molecule has 6 heteroatoms. The second-order valence-electron chi connectivity index (χ2n) is 4.64. The normalized spacial score (nSPS) is 26.5. The molecule has 0 aliphatic carbocycles. The van der Waals surface area contributed by atoms with Crippen molar-refractivity contribution in [3.05, 3.63) is 39.9 Å². The number of rotatable bonds is 5. The molecule has 104 valence electrons. The van der Waals surface area contributed by atoms with Crippen LogP contribution < -0.4 is 0 Å². The minimum absolute atomic E-state index is 0.0351. The van der Waals surface area contributed by atoms with E-state index in [0.29, 0.717) is 12.0 Å². The predicted octanol–water partition coefficient (Wildman–Crippen LogP) is 1.65. The SMILES string of the molecule is C[C@H]1CC(OCc2ccccc2[N+](=O)[O-])[C@@H](CO)O1. The van der Waals surface area contributed by atoms with Gasteiger partial charge in [0.1, 0.15) is 6.10 Å². The Labute approximate surface area is 111 Å². The Balaban J connectivity index is 2.01. The molecule has 1 fully saturated rings. The van der Waals surface area contributed by atoms with Crippen molar-refractivity contribution in [1.29, 1.82) is 0 Å². The lowest BCUT2D eigenvalue weighted by atomic mass is 10.1. The Bertz CT molecular complexity index is 450. The van der Waals surface area contributed by atoms with Crippen LogP contribution in [0.15, 0.2) is 24.3 Å². The van der Waals surface area contributed by atoms with E-state index in [0.717, 1.165) is 0 Å². The van der Waals surface area contributed by atoms with Gasteiger partial charge in [0, 0.05) is 12.5 Å². The molecular weight excluding hydrogens is 250 g/mol. The van der Waals surface area contributed by atoms with Crippen LogP contribution in [-0.2, 0) is 16.1 Å². The fourth-order valence-corrected chi connectivity index (χ4v) is 2.26. The van der Waals surface area contributed by atoms with Gasteiger partial charge in [0.25, 0.3) is 5.69 Å². The number of benzene rings is 1. The van der Waals surface area contributed by atoms with Gasteiger partial charge >= 0.3 is 0 Å². The Kier molecular flexibility index (Phi) is 4.47. The smallest absolute Gasteiger partial charge is 0.274 e. The summed E-state index contributed by atoms with van der Waals surface area (Å²) in [5.41, 5.74) is 0.582. The van der Waals surface area contributed by atoms with Crippen LogP contribution in [0.5, 0.6) is 0 Å². The second kappa shape index (κ2) is 6.10. The minimum Gasteiger partial charge on any atom is -0.394 e. The van der Waals surface area contributed by atoms with Crippen molar-refractivity contribution in [2.24, 2.45) is 0 Å². The van der Waals surface area contributed by atoms with E-state index in [4.69, 9.17) is 9.47 Å². The molecule has 0 saturated carbocycles. The van der Waals surface area contributed by atoms with Gasteiger partial charge < -0.3 is 14.6 Å². The first-order chi connectivity index (χ1) is 9.11. The highest BCUT2D eigenvalue weighted by molar-refractivity contribution is 5.39. The quantitative estimate of drug-likeness (QED) is 0.648. The molecule has 2 rings (SSSR count). The number of nitro groups is 1. The lowest BCUT2D eigenvalue weighted by Gasteiger charge is -2.16. The summed E-state index contributed by atoms with van der Waals surface area (Å²) < 4.78 is 11.1. The van der Waals surface area contributed by atoms with Crippen molar-refractivity contribution in [1.82, 2.24) is 0 Å². The number of ether oxygens (including phenoxy) is 2. The van der Waals surface area contributed by atoms with Crippen molar-refractivity contribution in [2.45, 2.75) is 38.3 Å². The summed E-state index contributed by atoms with van der Waals surface area (Å²) in [6.45, 7) is 1.96. The summed E-state index contributed by atoms with van der Waals surface area (Å²) >= 11 is 0. The maximum absolute atomic E-state index is 10.9. The van der Waals surface area contributed by atoms with Crippen LogP contribution in [0, 0.1) is 10.1 Å². The van der Waals surface area contributed by atoms with Crippen molar-refractivity contribution in [2.75, 3.05) is 6.61 Å². The van der Waals surface area contributed by atoms with Crippen molar-refractivity contribution in [3.63, 3.8) is 0 Å². The molecule has 1 unspecified atom stereocenters. The molecule has 0 radical (unpaired) electrons.